The summed E-state index contributed by atoms with van der Waals surface area (Å²) in [6, 6.07) is 5.85. The maximum atomic E-state index is 5.57. The summed E-state index contributed by atoms with van der Waals surface area (Å²) in [5.41, 5.74) is 1.01. The van der Waals surface area contributed by atoms with E-state index >= 15 is 0 Å². The lowest BCUT2D eigenvalue weighted by Crippen LogP contribution is -2.27. The summed E-state index contributed by atoms with van der Waals surface area (Å²) in [5.74, 6) is 1.55. The number of quaternary nitrogens is 1. The van der Waals surface area contributed by atoms with Gasteiger partial charge < -0.3 is 9.47 Å². The van der Waals surface area contributed by atoms with E-state index in [0.717, 1.165) is 17.1 Å². The van der Waals surface area contributed by atoms with Crippen molar-refractivity contribution in [2.75, 3.05) is 34.4 Å². The smallest absolute Gasteiger partial charge is 0.161 e. The number of hydrogen-bond acceptors (Lipinski definition) is 3. The Labute approximate surface area is 109 Å². The van der Waals surface area contributed by atoms with Crippen LogP contribution >= 0.6 is 0 Å². The van der Waals surface area contributed by atoms with Crippen molar-refractivity contribution in [3.63, 3.8) is 0 Å². The molecule has 1 aromatic carbocycles. The standard InChI is InChI=1S/C14H23N2O2/c1-6-17-13-9-8-12(10-14(13)18-7-2)11-15-16(3,4)5/h8-11H,6-7H2,1-5H3/q+1/b15-11-. The fourth-order valence-electron chi connectivity index (χ4n) is 1.39. The second-order valence-corrected chi connectivity index (χ2v) is 4.76. The molecular formula is C14H23N2O2+. The summed E-state index contributed by atoms with van der Waals surface area (Å²) in [7, 11) is 6.03. The van der Waals surface area contributed by atoms with Crippen molar-refractivity contribution in [1.29, 1.82) is 0 Å². The molecule has 0 bridgehead atoms. The molecule has 4 heteroatoms. The Morgan fingerprint density at radius 3 is 2.22 bits per heavy atom. The van der Waals surface area contributed by atoms with Crippen LogP contribution in [-0.4, -0.2) is 45.2 Å². The molecule has 0 aliphatic heterocycles. The summed E-state index contributed by atoms with van der Waals surface area (Å²) < 4.78 is 11.6. The molecule has 0 saturated heterocycles. The molecule has 0 unspecified atom stereocenters. The number of rotatable bonds is 6. The van der Waals surface area contributed by atoms with Crippen molar-refractivity contribution in [3.8, 4) is 11.5 Å². The number of hydrogen-bond donors (Lipinski definition) is 0. The lowest BCUT2D eigenvalue weighted by molar-refractivity contribution is -0.876. The first kappa shape index (κ1) is 14.5. The van der Waals surface area contributed by atoms with E-state index in [1.807, 2.05) is 59.4 Å². The van der Waals surface area contributed by atoms with Gasteiger partial charge in [0.2, 0.25) is 0 Å². The first-order valence-corrected chi connectivity index (χ1v) is 6.23. The number of benzene rings is 1. The summed E-state index contributed by atoms with van der Waals surface area (Å²) in [4.78, 5) is 0. The number of ether oxygens (including phenoxy) is 2. The highest BCUT2D eigenvalue weighted by Gasteiger charge is 2.06. The maximum Gasteiger partial charge on any atom is 0.161 e. The van der Waals surface area contributed by atoms with E-state index in [4.69, 9.17) is 9.47 Å². The fourth-order valence-corrected chi connectivity index (χ4v) is 1.39. The first-order valence-electron chi connectivity index (χ1n) is 6.23. The zero-order valence-electron chi connectivity index (χ0n) is 11.9. The molecule has 0 spiro atoms. The van der Waals surface area contributed by atoms with Crippen LogP contribution in [0.3, 0.4) is 0 Å². The molecule has 0 atom stereocenters. The monoisotopic (exact) mass is 251 g/mol. The molecule has 0 aliphatic carbocycles. The van der Waals surface area contributed by atoms with Gasteiger partial charge in [-0.1, -0.05) is 5.10 Å². The summed E-state index contributed by atoms with van der Waals surface area (Å²) in [6.45, 7) is 5.17. The first-order chi connectivity index (χ1) is 8.46. The van der Waals surface area contributed by atoms with E-state index in [2.05, 4.69) is 5.10 Å². The van der Waals surface area contributed by atoms with Gasteiger partial charge in [0, 0.05) is 5.56 Å². The van der Waals surface area contributed by atoms with Crippen molar-refractivity contribution in [2.24, 2.45) is 5.10 Å². The van der Waals surface area contributed by atoms with Crippen LogP contribution in [0.1, 0.15) is 19.4 Å². The SMILES string of the molecule is CCOc1ccc(/C=N\[N+](C)(C)C)cc1OCC. The second-order valence-electron chi connectivity index (χ2n) is 4.76. The van der Waals surface area contributed by atoms with Gasteiger partial charge in [-0.3, -0.25) is 0 Å². The maximum absolute atomic E-state index is 5.57. The third-order valence-electron chi connectivity index (χ3n) is 2.12. The molecule has 0 aromatic heterocycles. The molecule has 4 nitrogen and oxygen atoms in total. The second kappa shape index (κ2) is 6.40. The zero-order chi connectivity index (χ0) is 13.6. The van der Waals surface area contributed by atoms with Gasteiger partial charge >= 0.3 is 0 Å². The fraction of sp³-hybridized carbons (Fsp3) is 0.500. The molecule has 0 saturated carbocycles. The van der Waals surface area contributed by atoms with Gasteiger partial charge in [0.15, 0.2) is 11.5 Å². The zero-order valence-corrected chi connectivity index (χ0v) is 11.9. The molecule has 0 heterocycles. The topological polar surface area (TPSA) is 30.8 Å². The van der Waals surface area contributed by atoms with Gasteiger partial charge in [-0.25, -0.2) is 4.59 Å². The van der Waals surface area contributed by atoms with Crippen LogP contribution in [0.5, 0.6) is 11.5 Å². The largest absolute Gasteiger partial charge is 0.490 e. The molecule has 18 heavy (non-hydrogen) atoms. The van der Waals surface area contributed by atoms with Crippen molar-refractivity contribution >= 4 is 6.21 Å². The van der Waals surface area contributed by atoms with Crippen LogP contribution in [0.15, 0.2) is 23.3 Å². The van der Waals surface area contributed by atoms with E-state index in [9.17, 15) is 0 Å². The minimum absolute atomic E-state index is 0.539. The normalized spacial score (nSPS) is 11.8. The Bertz CT molecular complexity index is 409. The molecule has 1 rings (SSSR count). The van der Waals surface area contributed by atoms with E-state index in [-0.39, 0.29) is 0 Å². The molecule has 0 N–H and O–H groups in total. The minimum atomic E-state index is 0.539. The van der Waals surface area contributed by atoms with Crippen LogP contribution in [-0.2, 0) is 0 Å². The van der Waals surface area contributed by atoms with Gasteiger partial charge in [-0.2, -0.15) is 0 Å². The van der Waals surface area contributed by atoms with E-state index < -0.39 is 0 Å². The predicted molar refractivity (Wildman–Crippen MR) is 74.4 cm³/mol. The lowest BCUT2D eigenvalue weighted by atomic mass is 10.2. The highest BCUT2D eigenvalue weighted by molar-refractivity contribution is 5.80. The molecule has 0 fully saturated rings. The molecule has 1 aromatic rings. The summed E-state index contributed by atoms with van der Waals surface area (Å²) in [5, 5.41) is 4.42. The Hall–Kier alpha value is -1.55. The van der Waals surface area contributed by atoms with Crippen LogP contribution in [0.25, 0.3) is 0 Å². The molecule has 100 valence electrons. The van der Waals surface area contributed by atoms with Gasteiger partial charge in [-0.05, 0) is 32.0 Å². The molecule has 0 amide bonds. The Balaban J connectivity index is 2.95. The number of nitrogens with zero attached hydrogens (tertiary/aromatic N) is 2. The highest BCUT2D eigenvalue weighted by atomic mass is 16.5. The van der Waals surface area contributed by atoms with Crippen molar-refractivity contribution in [1.82, 2.24) is 0 Å². The van der Waals surface area contributed by atoms with Crippen LogP contribution in [0, 0.1) is 0 Å². The minimum Gasteiger partial charge on any atom is -0.490 e. The average Bonchev–Trinajstić information content (AvgIpc) is 2.29. The van der Waals surface area contributed by atoms with Crippen LogP contribution < -0.4 is 9.47 Å². The van der Waals surface area contributed by atoms with Crippen molar-refractivity contribution < 1.29 is 14.1 Å². The van der Waals surface area contributed by atoms with E-state index in [0.29, 0.717) is 17.8 Å². The summed E-state index contributed by atoms with van der Waals surface area (Å²) in [6.07, 6.45) is 1.85. The molecular weight excluding hydrogens is 228 g/mol. The van der Waals surface area contributed by atoms with Gasteiger partial charge in [0.1, 0.15) is 0 Å². The van der Waals surface area contributed by atoms with Gasteiger partial charge in [0.05, 0.1) is 40.6 Å². The Morgan fingerprint density at radius 2 is 1.67 bits per heavy atom. The van der Waals surface area contributed by atoms with Crippen molar-refractivity contribution in [3.05, 3.63) is 23.8 Å². The van der Waals surface area contributed by atoms with Crippen LogP contribution in [0.2, 0.25) is 0 Å². The van der Waals surface area contributed by atoms with Crippen molar-refractivity contribution in [2.45, 2.75) is 13.8 Å². The average molecular weight is 251 g/mol. The highest BCUT2D eigenvalue weighted by Crippen LogP contribution is 2.28. The van der Waals surface area contributed by atoms with E-state index in [1.54, 1.807) is 0 Å². The molecule has 0 aliphatic rings. The quantitative estimate of drug-likeness (QED) is 0.442. The van der Waals surface area contributed by atoms with E-state index in [1.165, 1.54) is 0 Å². The van der Waals surface area contributed by atoms with Crippen LogP contribution in [0.4, 0.5) is 0 Å². The third-order valence-corrected chi connectivity index (χ3v) is 2.12. The van der Waals surface area contributed by atoms with Gasteiger partial charge in [0.25, 0.3) is 0 Å². The Morgan fingerprint density at radius 1 is 1.06 bits per heavy atom. The third kappa shape index (κ3) is 4.75. The predicted octanol–water partition coefficient (Wildman–Crippen LogP) is 2.52. The molecule has 0 radical (unpaired) electrons. The van der Waals surface area contributed by atoms with Gasteiger partial charge in [-0.15, -0.1) is 0 Å². The lowest BCUT2D eigenvalue weighted by Gasteiger charge is -2.15. The summed E-state index contributed by atoms with van der Waals surface area (Å²) >= 11 is 0. The Kier molecular flexibility index (Phi) is 5.16.